The SMILES string of the molecule is C.C.CCCCS(=O)(=O)N1CCC(CNC(=O)NC2CCCCCCC2)C1. The highest BCUT2D eigenvalue weighted by Gasteiger charge is 2.31. The Morgan fingerprint density at radius 2 is 1.67 bits per heavy atom. The van der Waals surface area contributed by atoms with Crippen molar-refractivity contribution in [3.8, 4) is 0 Å². The minimum absolute atomic E-state index is 0. The molecule has 1 aliphatic carbocycles. The normalized spacial score (nSPS) is 22.0. The van der Waals surface area contributed by atoms with Crippen LogP contribution in [0.25, 0.3) is 0 Å². The highest BCUT2D eigenvalue weighted by atomic mass is 32.2. The van der Waals surface area contributed by atoms with Gasteiger partial charge >= 0.3 is 6.03 Å². The maximum atomic E-state index is 12.2. The third kappa shape index (κ3) is 9.28. The smallest absolute Gasteiger partial charge is 0.315 e. The van der Waals surface area contributed by atoms with E-state index in [1.54, 1.807) is 4.31 Å². The first kappa shape index (κ1) is 26.2. The first-order chi connectivity index (χ1) is 12.0. The molecule has 0 aromatic heterocycles. The third-order valence-electron chi connectivity index (χ3n) is 5.39. The molecule has 2 N–H and O–H groups in total. The van der Waals surface area contributed by atoms with Gasteiger partial charge in [-0.3, -0.25) is 0 Å². The van der Waals surface area contributed by atoms with Gasteiger partial charge in [0, 0.05) is 25.7 Å². The van der Waals surface area contributed by atoms with Gasteiger partial charge in [-0.25, -0.2) is 17.5 Å². The second-order valence-electron chi connectivity index (χ2n) is 7.58. The monoisotopic (exact) mass is 405 g/mol. The van der Waals surface area contributed by atoms with Crippen molar-refractivity contribution >= 4 is 16.1 Å². The molecular formula is C20H43N3O3S. The maximum absolute atomic E-state index is 12.2. The second kappa shape index (κ2) is 13.4. The Bertz CT molecular complexity index is 503. The van der Waals surface area contributed by atoms with Crippen LogP contribution in [0.3, 0.4) is 0 Å². The highest BCUT2D eigenvalue weighted by Crippen LogP contribution is 2.20. The predicted molar refractivity (Wildman–Crippen MR) is 114 cm³/mol. The van der Waals surface area contributed by atoms with E-state index in [0.29, 0.717) is 26.1 Å². The van der Waals surface area contributed by atoms with Crippen LogP contribution >= 0.6 is 0 Å². The van der Waals surface area contributed by atoms with Gasteiger partial charge in [-0.05, 0) is 31.6 Å². The minimum atomic E-state index is -3.12. The van der Waals surface area contributed by atoms with E-state index in [4.69, 9.17) is 0 Å². The van der Waals surface area contributed by atoms with Crippen LogP contribution in [0.15, 0.2) is 0 Å². The summed E-state index contributed by atoms with van der Waals surface area (Å²) in [5.41, 5.74) is 0. The van der Waals surface area contributed by atoms with Gasteiger partial charge in [0.05, 0.1) is 5.75 Å². The number of hydrogen-bond acceptors (Lipinski definition) is 3. The molecule has 1 aliphatic heterocycles. The van der Waals surface area contributed by atoms with Crippen molar-refractivity contribution in [3.63, 3.8) is 0 Å². The lowest BCUT2D eigenvalue weighted by Gasteiger charge is -2.22. The largest absolute Gasteiger partial charge is 0.338 e. The van der Waals surface area contributed by atoms with Crippen molar-refractivity contribution in [1.29, 1.82) is 0 Å². The van der Waals surface area contributed by atoms with Gasteiger partial charge in [-0.2, -0.15) is 0 Å². The van der Waals surface area contributed by atoms with Gasteiger partial charge in [-0.1, -0.05) is 60.3 Å². The summed E-state index contributed by atoms with van der Waals surface area (Å²) in [5, 5.41) is 6.05. The van der Waals surface area contributed by atoms with Gasteiger partial charge in [0.2, 0.25) is 10.0 Å². The van der Waals surface area contributed by atoms with Crippen LogP contribution in [0.4, 0.5) is 4.79 Å². The van der Waals surface area contributed by atoms with Gasteiger partial charge in [0.15, 0.2) is 0 Å². The first-order valence-corrected chi connectivity index (χ1v) is 11.6. The van der Waals surface area contributed by atoms with E-state index in [0.717, 1.165) is 25.7 Å². The molecule has 2 fully saturated rings. The third-order valence-corrected chi connectivity index (χ3v) is 7.31. The van der Waals surface area contributed by atoms with E-state index >= 15 is 0 Å². The zero-order valence-electron chi connectivity index (χ0n) is 15.6. The zero-order valence-corrected chi connectivity index (χ0v) is 16.5. The number of sulfonamides is 1. The van der Waals surface area contributed by atoms with E-state index in [1.807, 2.05) is 6.92 Å². The fourth-order valence-corrected chi connectivity index (χ4v) is 5.48. The lowest BCUT2D eigenvalue weighted by Crippen LogP contribution is -2.44. The Kier molecular flexibility index (Phi) is 13.0. The van der Waals surface area contributed by atoms with Crippen LogP contribution in [0.2, 0.25) is 0 Å². The number of hydrogen-bond donors (Lipinski definition) is 2. The number of rotatable bonds is 7. The Labute approximate surface area is 167 Å². The van der Waals surface area contributed by atoms with Crippen LogP contribution in [0.5, 0.6) is 0 Å². The molecule has 0 aromatic rings. The summed E-state index contributed by atoms with van der Waals surface area (Å²) in [6.07, 6.45) is 10.8. The molecule has 7 heteroatoms. The number of urea groups is 1. The molecule has 27 heavy (non-hydrogen) atoms. The Morgan fingerprint density at radius 3 is 2.30 bits per heavy atom. The molecule has 1 atom stereocenters. The van der Waals surface area contributed by atoms with Crippen molar-refractivity contribution in [2.75, 3.05) is 25.4 Å². The van der Waals surface area contributed by atoms with Gasteiger partial charge in [-0.15, -0.1) is 0 Å². The van der Waals surface area contributed by atoms with E-state index < -0.39 is 10.0 Å². The van der Waals surface area contributed by atoms with E-state index in [-0.39, 0.29) is 38.6 Å². The average Bonchev–Trinajstić information content (AvgIpc) is 3.03. The van der Waals surface area contributed by atoms with E-state index in [2.05, 4.69) is 10.6 Å². The number of carbonyl (C=O) groups excluding carboxylic acids is 1. The second-order valence-corrected chi connectivity index (χ2v) is 9.67. The van der Waals surface area contributed by atoms with Crippen molar-refractivity contribution in [2.45, 2.75) is 92.0 Å². The highest BCUT2D eigenvalue weighted by molar-refractivity contribution is 7.89. The predicted octanol–water partition coefficient (Wildman–Crippen LogP) is 4.12. The quantitative estimate of drug-likeness (QED) is 0.668. The number of carbonyl (C=O) groups is 1. The van der Waals surface area contributed by atoms with Gasteiger partial charge in [0.1, 0.15) is 0 Å². The van der Waals surface area contributed by atoms with Crippen LogP contribution < -0.4 is 10.6 Å². The number of nitrogens with one attached hydrogen (secondary N) is 2. The number of nitrogens with zero attached hydrogens (tertiary/aromatic N) is 1. The topological polar surface area (TPSA) is 78.5 Å². The maximum Gasteiger partial charge on any atom is 0.315 e. The molecule has 0 spiro atoms. The minimum Gasteiger partial charge on any atom is -0.338 e. The molecule has 0 aromatic carbocycles. The molecule has 1 saturated carbocycles. The average molecular weight is 406 g/mol. The number of amides is 2. The summed E-state index contributed by atoms with van der Waals surface area (Å²) in [4.78, 5) is 12.1. The van der Waals surface area contributed by atoms with Gasteiger partial charge in [0.25, 0.3) is 0 Å². The lowest BCUT2D eigenvalue weighted by molar-refractivity contribution is 0.232. The zero-order chi connectivity index (χ0) is 18.1. The summed E-state index contributed by atoms with van der Waals surface area (Å²) < 4.78 is 26.0. The molecule has 2 rings (SSSR count). The van der Waals surface area contributed by atoms with Crippen molar-refractivity contribution < 1.29 is 13.2 Å². The molecule has 2 amide bonds. The first-order valence-electron chi connectivity index (χ1n) is 10.0. The standard InChI is InChI=1S/C18H35N3O3S.2CH4/c1-2-3-13-25(23,24)21-12-11-16(15-21)14-19-18(22)20-17-9-7-5-4-6-8-10-17;;/h16-17H,2-15H2,1H3,(H2,19,20,22);2*1H4. The summed E-state index contributed by atoms with van der Waals surface area (Å²) >= 11 is 0. The molecule has 2 aliphatic rings. The van der Waals surface area contributed by atoms with E-state index in [1.165, 1.54) is 32.1 Å². The van der Waals surface area contributed by atoms with Gasteiger partial charge < -0.3 is 10.6 Å². The Morgan fingerprint density at radius 1 is 1.04 bits per heavy atom. The van der Waals surface area contributed by atoms with Crippen LogP contribution in [0, 0.1) is 5.92 Å². The molecule has 0 bridgehead atoms. The summed E-state index contributed by atoms with van der Waals surface area (Å²) in [7, 11) is -3.12. The molecule has 162 valence electrons. The van der Waals surface area contributed by atoms with Crippen LogP contribution in [-0.2, 0) is 10.0 Å². The molecule has 1 unspecified atom stereocenters. The van der Waals surface area contributed by atoms with Crippen molar-refractivity contribution in [2.24, 2.45) is 5.92 Å². The fourth-order valence-electron chi connectivity index (χ4n) is 3.75. The summed E-state index contributed by atoms with van der Waals surface area (Å²) in [6, 6.07) is 0.188. The fraction of sp³-hybridized carbons (Fsp3) is 0.950. The molecule has 1 heterocycles. The molecule has 6 nitrogen and oxygen atoms in total. The summed E-state index contributed by atoms with van der Waals surface area (Å²) in [5.74, 6) is 0.464. The Hall–Kier alpha value is -0.820. The molecule has 1 saturated heterocycles. The van der Waals surface area contributed by atoms with Crippen LogP contribution in [0.1, 0.15) is 86.0 Å². The van der Waals surface area contributed by atoms with Crippen LogP contribution in [-0.4, -0.2) is 50.2 Å². The van der Waals surface area contributed by atoms with Crippen molar-refractivity contribution in [1.82, 2.24) is 14.9 Å². The van der Waals surface area contributed by atoms with E-state index in [9.17, 15) is 13.2 Å². The lowest BCUT2D eigenvalue weighted by atomic mass is 9.97. The Balaban J connectivity index is 0.00000338. The molecule has 0 radical (unpaired) electrons. The number of unbranched alkanes of at least 4 members (excludes halogenated alkanes) is 1. The summed E-state index contributed by atoms with van der Waals surface area (Å²) in [6.45, 7) is 3.68. The molecular weight excluding hydrogens is 362 g/mol. The van der Waals surface area contributed by atoms with Crippen molar-refractivity contribution in [3.05, 3.63) is 0 Å².